The number of hydrogen-bond donors (Lipinski definition) is 2. The number of rotatable bonds is 1. The van der Waals surface area contributed by atoms with E-state index >= 15 is 0 Å². The summed E-state index contributed by atoms with van der Waals surface area (Å²) in [7, 11) is 0. The van der Waals surface area contributed by atoms with E-state index in [-0.39, 0.29) is 10.9 Å². The lowest BCUT2D eigenvalue weighted by molar-refractivity contribution is -0.138. The Hall–Kier alpha value is -0.220. The van der Waals surface area contributed by atoms with Crippen LogP contribution in [-0.4, -0.2) is 27.7 Å². The number of carboxylic acid groups (broad SMARTS) is 1. The highest BCUT2D eigenvalue weighted by atomic mass is 32.2. The van der Waals surface area contributed by atoms with Crippen LogP contribution < -0.4 is 5.32 Å². The second-order valence-corrected chi connectivity index (χ2v) is 4.95. The molecule has 4 heteroatoms. The predicted molar refractivity (Wildman–Crippen MR) is 48.2 cm³/mol. The summed E-state index contributed by atoms with van der Waals surface area (Å²) in [5.74, 6) is 0.0290. The molecule has 2 N–H and O–H groups in total. The zero-order valence-corrected chi connectivity index (χ0v) is 7.69. The first-order chi connectivity index (χ1) is 5.72. The molecule has 1 aliphatic heterocycles. The molecule has 12 heavy (non-hydrogen) atoms. The summed E-state index contributed by atoms with van der Waals surface area (Å²) < 4.78 is 0. The molecule has 0 aromatic heterocycles. The molecule has 0 aromatic rings. The molecule has 1 saturated carbocycles. The Kier molecular flexibility index (Phi) is 2.04. The lowest BCUT2D eigenvalue weighted by Gasteiger charge is -2.22. The SMILES string of the molecule is O=C(O)[C@H]1CSC2(CCCC2)N1. The van der Waals surface area contributed by atoms with E-state index in [1.807, 2.05) is 0 Å². The van der Waals surface area contributed by atoms with Gasteiger partial charge in [-0.1, -0.05) is 12.8 Å². The number of hydrogen-bond acceptors (Lipinski definition) is 3. The first kappa shape index (κ1) is 8.38. The van der Waals surface area contributed by atoms with Crippen LogP contribution in [-0.2, 0) is 4.79 Å². The lowest BCUT2D eigenvalue weighted by atomic mass is 10.2. The Bertz CT molecular complexity index is 201. The standard InChI is InChI=1S/C8H13NO2S/c10-7(11)6-5-12-8(9-6)3-1-2-4-8/h6,9H,1-5H2,(H,10,11)/t6-/m1/s1. The van der Waals surface area contributed by atoms with E-state index in [0.29, 0.717) is 0 Å². The van der Waals surface area contributed by atoms with Gasteiger partial charge in [0.25, 0.3) is 0 Å². The van der Waals surface area contributed by atoms with Gasteiger partial charge in [0, 0.05) is 5.75 Å². The molecule has 1 saturated heterocycles. The normalized spacial score (nSPS) is 32.8. The highest BCUT2D eigenvalue weighted by Crippen LogP contribution is 2.43. The molecule has 0 bridgehead atoms. The van der Waals surface area contributed by atoms with Gasteiger partial charge in [0.05, 0.1) is 4.87 Å². The summed E-state index contributed by atoms with van der Waals surface area (Å²) in [4.78, 5) is 10.8. The fraction of sp³-hybridized carbons (Fsp3) is 0.875. The van der Waals surface area contributed by atoms with Crippen molar-refractivity contribution in [2.75, 3.05) is 5.75 Å². The molecular formula is C8H13NO2S. The molecule has 0 amide bonds. The van der Waals surface area contributed by atoms with E-state index in [9.17, 15) is 4.79 Å². The van der Waals surface area contributed by atoms with Crippen LogP contribution in [0.4, 0.5) is 0 Å². The second-order valence-electron chi connectivity index (χ2n) is 3.55. The summed E-state index contributed by atoms with van der Waals surface area (Å²) in [5.41, 5.74) is 0. The number of aliphatic carboxylic acids is 1. The maximum Gasteiger partial charge on any atom is 0.321 e. The Balaban J connectivity index is 2.01. The fourth-order valence-electron chi connectivity index (χ4n) is 2.01. The highest BCUT2D eigenvalue weighted by Gasteiger charge is 2.43. The third kappa shape index (κ3) is 1.33. The molecule has 2 fully saturated rings. The van der Waals surface area contributed by atoms with Crippen molar-refractivity contribution in [2.24, 2.45) is 0 Å². The average Bonchev–Trinajstić information content (AvgIpc) is 2.62. The van der Waals surface area contributed by atoms with Gasteiger partial charge in [-0.15, -0.1) is 11.8 Å². The van der Waals surface area contributed by atoms with E-state index in [0.717, 1.165) is 18.6 Å². The van der Waals surface area contributed by atoms with Crippen LogP contribution in [0, 0.1) is 0 Å². The monoisotopic (exact) mass is 187 g/mol. The van der Waals surface area contributed by atoms with Gasteiger partial charge >= 0.3 is 5.97 Å². The molecule has 1 heterocycles. The van der Waals surface area contributed by atoms with Crippen molar-refractivity contribution < 1.29 is 9.90 Å². The molecule has 0 radical (unpaired) electrons. The molecule has 1 spiro atoms. The van der Waals surface area contributed by atoms with Crippen molar-refractivity contribution in [2.45, 2.75) is 36.6 Å². The van der Waals surface area contributed by atoms with E-state index in [2.05, 4.69) is 5.32 Å². The smallest absolute Gasteiger partial charge is 0.321 e. The molecule has 0 unspecified atom stereocenters. The van der Waals surface area contributed by atoms with Crippen LogP contribution in [0.3, 0.4) is 0 Å². The zero-order chi connectivity index (χ0) is 8.60. The molecule has 3 nitrogen and oxygen atoms in total. The van der Waals surface area contributed by atoms with Crippen molar-refractivity contribution in [3.8, 4) is 0 Å². The third-order valence-corrected chi connectivity index (χ3v) is 4.25. The minimum Gasteiger partial charge on any atom is -0.480 e. The second kappa shape index (κ2) is 2.92. The van der Waals surface area contributed by atoms with E-state index in [1.54, 1.807) is 11.8 Å². The topological polar surface area (TPSA) is 49.3 Å². The quantitative estimate of drug-likeness (QED) is 0.644. The van der Waals surface area contributed by atoms with Gasteiger partial charge in [0.1, 0.15) is 6.04 Å². The lowest BCUT2D eigenvalue weighted by Crippen LogP contribution is -2.43. The van der Waals surface area contributed by atoms with Crippen molar-refractivity contribution in [1.29, 1.82) is 0 Å². The molecular weight excluding hydrogens is 174 g/mol. The molecule has 0 aromatic carbocycles. The molecule has 68 valence electrons. The number of carbonyl (C=O) groups is 1. The van der Waals surface area contributed by atoms with Gasteiger partial charge in [-0.05, 0) is 12.8 Å². The van der Waals surface area contributed by atoms with E-state index in [4.69, 9.17) is 5.11 Å². The molecule has 2 aliphatic rings. The molecule has 2 rings (SSSR count). The first-order valence-electron chi connectivity index (χ1n) is 4.36. The Morgan fingerprint density at radius 2 is 2.17 bits per heavy atom. The third-order valence-electron chi connectivity index (χ3n) is 2.67. The van der Waals surface area contributed by atoms with Gasteiger partial charge in [-0.3, -0.25) is 10.1 Å². The predicted octanol–water partition coefficient (Wildman–Crippen LogP) is 1.05. The van der Waals surface area contributed by atoms with Crippen LogP contribution in [0.15, 0.2) is 0 Å². The van der Waals surface area contributed by atoms with E-state index < -0.39 is 5.97 Å². The van der Waals surface area contributed by atoms with Gasteiger partial charge < -0.3 is 5.11 Å². The fourth-order valence-corrected chi connectivity index (χ4v) is 3.53. The number of thioether (sulfide) groups is 1. The van der Waals surface area contributed by atoms with Gasteiger partial charge in [0.15, 0.2) is 0 Å². The van der Waals surface area contributed by atoms with Crippen molar-refractivity contribution in [1.82, 2.24) is 5.32 Å². The maximum atomic E-state index is 10.7. The number of carboxylic acids is 1. The van der Waals surface area contributed by atoms with Gasteiger partial charge in [-0.25, -0.2) is 0 Å². The molecule has 1 aliphatic carbocycles. The first-order valence-corrected chi connectivity index (χ1v) is 5.35. The Labute approximate surface area is 75.9 Å². The summed E-state index contributed by atoms with van der Waals surface area (Å²) in [6.07, 6.45) is 4.77. The minimum absolute atomic E-state index is 0.128. The largest absolute Gasteiger partial charge is 0.480 e. The van der Waals surface area contributed by atoms with E-state index in [1.165, 1.54) is 12.8 Å². The van der Waals surface area contributed by atoms with Crippen molar-refractivity contribution in [3.05, 3.63) is 0 Å². The van der Waals surface area contributed by atoms with Crippen LogP contribution in [0.5, 0.6) is 0 Å². The van der Waals surface area contributed by atoms with Crippen LogP contribution in [0.2, 0.25) is 0 Å². The maximum absolute atomic E-state index is 10.7. The van der Waals surface area contributed by atoms with Crippen LogP contribution in [0.1, 0.15) is 25.7 Å². The average molecular weight is 187 g/mol. The van der Waals surface area contributed by atoms with Crippen LogP contribution in [0.25, 0.3) is 0 Å². The Morgan fingerprint density at radius 3 is 2.67 bits per heavy atom. The van der Waals surface area contributed by atoms with Gasteiger partial charge in [-0.2, -0.15) is 0 Å². The summed E-state index contributed by atoms with van der Waals surface area (Å²) >= 11 is 1.80. The highest BCUT2D eigenvalue weighted by molar-refractivity contribution is 8.01. The Morgan fingerprint density at radius 1 is 1.50 bits per heavy atom. The molecule has 1 atom stereocenters. The summed E-state index contributed by atoms with van der Waals surface area (Å²) in [6.45, 7) is 0. The minimum atomic E-state index is -0.703. The summed E-state index contributed by atoms with van der Waals surface area (Å²) in [5, 5.41) is 12.0. The van der Waals surface area contributed by atoms with Crippen molar-refractivity contribution in [3.63, 3.8) is 0 Å². The van der Waals surface area contributed by atoms with Crippen LogP contribution >= 0.6 is 11.8 Å². The van der Waals surface area contributed by atoms with Crippen molar-refractivity contribution >= 4 is 17.7 Å². The van der Waals surface area contributed by atoms with Gasteiger partial charge in [0.2, 0.25) is 0 Å². The summed E-state index contributed by atoms with van der Waals surface area (Å²) in [6, 6.07) is -0.312. The zero-order valence-electron chi connectivity index (χ0n) is 6.88. The number of nitrogens with one attached hydrogen (secondary N) is 1.